The summed E-state index contributed by atoms with van der Waals surface area (Å²) in [6.07, 6.45) is 2.26. The summed E-state index contributed by atoms with van der Waals surface area (Å²) in [5.74, 6) is 0.0553. The van der Waals surface area contributed by atoms with E-state index < -0.39 is 0 Å². The predicted octanol–water partition coefficient (Wildman–Crippen LogP) is 2.63. The first-order chi connectivity index (χ1) is 9.96. The van der Waals surface area contributed by atoms with Gasteiger partial charge in [0.15, 0.2) is 0 Å². The van der Waals surface area contributed by atoms with Crippen molar-refractivity contribution in [1.29, 1.82) is 0 Å². The highest BCUT2D eigenvalue weighted by atomic mass is 16.1. The smallest absolute Gasteiger partial charge is 0.221 e. The molecular weight excluding hydrogens is 262 g/mol. The third kappa shape index (κ3) is 4.83. The Morgan fingerprint density at radius 1 is 1.19 bits per heavy atom. The Hall–Kier alpha value is -1.94. The van der Waals surface area contributed by atoms with Crippen molar-refractivity contribution in [2.24, 2.45) is 0 Å². The van der Waals surface area contributed by atoms with Gasteiger partial charge in [0.1, 0.15) is 0 Å². The minimum absolute atomic E-state index is 0.0415. The van der Waals surface area contributed by atoms with E-state index in [-0.39, 0.29) is 11.4 Å². The highest BCUT2D eigenvalue weighted by Gasteiger charge is 2.10. The van der Waals surface area contributed by atoms with Crippen LogP contribution in [-0.4, -0.2) is 23.0 Å². The van der Waals surface area contributed by atoms with Gasteiger partial charge in [0, 0.05) is 36.6 Å². The van der Waals surface area contributed by atoms with Gasteiger partial charge in [-0.1, -0.05) is 24.3 Å². The highest BCUT2D eigenvalue weighted by molar-refractivity contribution is 5.82. The van der Waals surface area contributed by atoms with Crippen LogP contribution in [0.15, 0.2) is 36.5 Å². The molecule has 0 fully saturated rings. The van der Waals surface area contributed by atoms with Crippen molar-refractivity contribution in [3.8, 4) is 0 Å². The van der Waals surface area contributed by atoms with E-state index in [0.29, 0.717) is 19.5 Å². The molecule has 0 unspecified atom stereocenters. The van der Waals surface area contributed by atoms with Gasteiger partial charge in [-0.25, -0.2) is 0 Å². The molecule has 4 heteroatoms. The molecule has 4 nitrogen and oxygen atoms in total. The third-order valence-electron chi connectivity index (χ3n) is 3.20. The number of hydrogen-bond donors (Lipinski definition) is 2. The number of fused-ring (bicyclic) bond motifs is 1. The molecule has 0 aliphatic heterocycles. The van der Waals surface area contributed by atoms with Crippen LogP contribution in [-0.2, 0) is 11.3 Å². The molecule has 1 amide bonds. The fourth-order valence-corrected chi connectivity index (χ4v) is 2.14. The van der Waals surface area contributed by atoms with Crippen molar-refractivity contribution in [3.05, 3.63) is 42.1 Å². The molecule has 2 rings (SSSR count). The number of hydrogen-bond acceptors (Lipinski definition) is 3. The van der Waals surface area contributed by atoms with Crippen molar-refractivity contribution in [2.75, 3.05) is 6.54 Å². The van der Waals surface area contributed by atoms with E-state index in [4.69, 9.17) is 0 Å². The molecule has 0 aliphatic rings. The fraction of sp³-hybridized carbons (Fsp3) is 0.412. The van der Waals surface area contributed by atoms with E-state index >= 15 is 0 Å². The Bertz CT molecular complexity index is 611. The van der Waals surface area contributed by atoms with Crippen LogP contribution in [0.5, 0.6) is 0 Å². The zero-order valence-corrected chi connectivity index (χ0v) is 12.9. The third-order valence-corrected chi connectivity index (χ3v) is 3.20. The van der Waals surface area contributed by atoms with Crippen LogP contribution >= 0.6 is 0 Å². The Morgan fingerprint density at radius 2 is 1.95 bits per heavy atom. The number of carbonyl (C=O) groups is 1. The molecule has 2 aromatic rings. The lowest BCUT2D eigenvalue weighted by Crippen LogP contribution is -2.38. The molecule has 2 N–H and O–H groups in total. The Balaban J connectivity index is 1.89. The van der Waals surface area contributed by atoms with Gasteiger partial charge >= 0.3 is 0 Å². The zero-order chi connectivity index (χ0) is 15.3. The van der Waals surface area contributed by atoms with Crippen LogP contribution < -0.4 is 10.6 Å². The van der Waals surface area contributed by atoms with Gasteiger partial charge in [0.2, 0.25) is 5.91 Å². The maximum absolute atomic E-state index is 11.9. The summed E-state index contributed by atoms with van der Waals surface area (Å²) in [6, 6.07) is 9.97. The highest BCUT2D eigenvalue weighted by Crippen LogP contribution is 2.15. The van der Waals surface area contributed by atoms with E-state index in [0.717, 1.165) is 16.5 Å². The maximum atomic E-state index is 11.9. The largest absolute Gasteiger partial charge is 0.352 e. The van der Waals surface area contributed by atoms with Crippen LogP contribution in [0.4, 0.5) is 0 Å². The van der Waals surface area contributed by atoms with Gasteiger partial charge < -0.3 is 10.6 Å². The Kier molecular flexibility index (Phi) is 4.91. The number of pyridine rings is 1. The molecule has 1 aromatic heterocycles. The monoisotopic (exact) mass is 285 g/mol. The minimum atomic E-state index is 0.0415. The number of amides is 1. The van der Waals surface area contributed by atoms with E-state index in [1.54, 1.807) is 6.20 Å². The van der Waals surface area contributed by atoms with Crippen LogP contribution in [0.2, 0.25) is 0 Å². The maximum Gasteiger partial charge on any atom is 0.221 e. The van der Waals surface area contributed by atoms with Crippen molar-refractivity contribution in [2.45, 2.75) is 39.3 Å². The lowest BCUT2D eigenvalue weighted by atomic mass is 10.1. The Morgan fingerprint density at radius 3 is 2.71 bits per heavy atom. The van der Waals surface area contributed by atoms with Gasteiger partial charge in [0.25, 0.3) is 0 Å². The second-order valence-electron chi connectivity index (χ2n) is 6.20. The number of nitrogens with zero attached hydrogens (tertiary/aromatic N) is 1. The van der Waals surface area contributed by atoms with Gasteiger partial charge in [-0.3, -0.25) is 9.78 Å². The number of aromatic nitrogens is 1. The topological polar surface area (TPSA) is 54.0 Å². The normalized spacial score (nSPS) is 11.6. The van der Waals surface area contributed by atoms with Gasteiger partial charge in [0.05, 0.1) is 5.52 Å². The number of benzene rings is 1. The number of rotatable bonds is 5. The molecule has 0 radical (unpaired) electrons. The molecule has 0 bridgehead atoms. The molecule has 0 saturated heterocycles. The Labute approximate surface area is 126 Å². The van der Waals surface area contributed by atoms with Gasteiger partial charge in [-0.2, -0.15) is 0 Å². The number of para-hydroxylation sites is 1. The summed E-state index contributed by atoms with van der Waals surface area (Å²) in [6.45, 7) is 7.47. The number of carbonyl (C=O) groups excluding carboxylic acids is 1. The van der Waals surface area contributed by atoms with Crippen LogP contribution in [0.25, 0.3) is 10.9 Å². The van der Waals surface area contributed by atoms with E-state index in [1.807, 2.05) is 30.3 Å². The van der Waals surface area contributed by atoms with E-state index in [1.165, 1.54) is 0 Å². The number of nitrogens with one attached hydrogen (secondary N) is 2. The average molecular weight is 285 g/mol. The molecular formula is C17H23N3O. The van der Waals surface area contributed by atoms with Crippen LogP contribution in [0.1, 0.15) is 32.8 Å². The predicted molar refractivity (Wildman–Crippen MR) is 86.0 cm³/mol. The summed E-state index contributed by atoms with van der Waals surface area (Å²) >= 11 is 0. The first-order valence-corrected chi connectivity index (χ1v) is 7.30. The van der Waals surface area contributed by atoms with Gasteiger partial charge in [-0.15, -0.1) is 0 Å². The lowest BCUT2D eigenvalue weighted by Gasteiger charge is -2.20. The second-order valence-corrected chi connectivity index (χ2v) is 6.20. The molecule has 0 atom stereocenters. The molecule has 1 heterocycles. The van der Waals surface area contributed by atoms with Crippen LogP contribution in [0, 0.1) is 0 Å². The van der Waals surface area contributed by atoms with E-state index in [9.17, 15) is 4.79 Å². The summed E-state index contributed by atoms with van der Waals surface area (Å²) in [5, 5.41) is 7.36. The van der Waals surface area contributed by atoms with Crippen molar-refractivity contribution < 1.29 is 4.79 Å². The molecule has 21 heavy (non-hydrogen) atoms. The zero-order valence-electron chi connectivity index (χ0n) is 12.9. The molecule has 0 saturated carbocycles. The quantitative estimate of drug-likeness (QED) is 0.888. The molecule has 0 aliphatic carbocycles. The first-order valence-electron chi connectivity index (χ1n) is 7.30. The average Bonchev–Trinajstić information content (AvgIpc) is 2.43. The van der Waals surface area contributed by atoms with Crippen molar-refractivity contribution >= 4 is 16.8 Å². The SMILES string of the molecule is CC(C)(C)NCCC(=O)NCc1cccc2cccnc12. The van der Waals surface area contributed by atoms with Crippen molar-refractivity contribution in [1.82, 2.24) is 15.6 Å². The summed E-state index contributed by atoms with van der Waals surface area (Å²) in [7, 11) is 0. The van der Waals surface area contributed by atoms with Crippen molar-refractivity contribution in [3.63, 3.8) is 0 Å². The summed E-state index contributed by atoms with van der Waals surface area (Å²) in [5.41, 5.74) is 2.04. The molecule has 0 spiro atoms. The van der Waals surface area contributed by atoms with Crippen LogP contribution in [0.3, 0.4) is 0 Å². The van der Waals surface area contributed by atoms with E-state index in [2.05, 4.69) is 36.4 Å². The van der Waals surface area contributed by atoms with Gasteiger partial charge in [-0.05, 0) is 32.4 Å². The molecule has 112 valence electrons. The fourth-order valence-electron chi connectivity index (χ4n) is 2.14. The lowest BCUT2D eigenvalue weighted by molar-refractivity contribution is -0.121. The minimum Gasteiger partial charge on any atom is -0.352 e. The first kappa shape index (κ1) is 15.4. The molecule has 1 aromatic carbocycles. The summed E-state index contributed by atoms with van der Waals surface area (Å²) < 4.78 is 0. The summed E-state index contributed by atoms with van der Waals surface area (Å²) in [4.78, 5) is 16.3. The standard InChI is InChI=1S/C17H23N3O/c1-17(2,3)20-11-9-15(21)19-12-14-7-4-6-13-8-5-10-18-16(13)14/h4-8,10,20H,9,11-12H2,1-3H3,(H,19,21). The second kappa shape index (κ2) is 6.68.